The van der Waals surface area contributed by atoms with Gasteiger partial charge in [-0.05, 0) is 23.7 Å². The Hall–Kier alpha value is -0.420. The molecule has 2 fully saturated rings. The van der Waals surface area contributed by atoms with Gasteiger partial charge in [0.15, 0.2) is 5.78 Å². The maximum absolute atomic E-state index is 11.8. The van der Waals surface area contributed by atoms with Crippen molar-refractivity contribution in [2.45, 2.75) is 32.4 Å². The quantitative estimate of drug-likeness (QED) is 0.688. The summed E-state index contributed by atoms with van der Waals surface area (Å²) in [5.74, 6) is -0.487. The summed E-state index contributed by atoms with van der Waals surface area (Å²) in [7, 11) is -4.23. The third kappa shape index (κ3) is 1.29. The van der Waals surface area contributed by atoms with Crippen LogP contribution in [0.1, 0.15) is 27.2 Å². The zero-order valence-corrected chi connectivity index (χ0v) is 9.91. The summed E-state index contributed by atoms with van der Waals surface area (Å²) >= 11 is 0. The van der Waals surface area contributed by atoms with Crippen LogP contribution in [0.25, 0.3) is 0 Å². The molecule has 2 bridgehead atoms. The smallest absolute Gasteiger partial charge is 0.275 e. The summed E-state index contributed by atoms with van der Waals surface area (Å²) in [6.45, 7) is 5.95. The number of carbonyl (C=O) groups excluding carboxylic acids is 1. The number of hydrogen-bond acceptors (Lipinski definition) is 3. The lowest BCUT2D eigenvalue weighted by atomic mass is 9.69. The molecule has 0 radical (unpaired) electrons. The van der Waals surface area contributed by atoms with Gasteiger partial charge in [-0.2, -0.15) is 8.42 Å². The van der Waals surface area contributed by atoms with Crippen molar-refractivity contribution in [2.24, 2.45) is 23.2 Å². The maximum atomic E-state index is 11.8. The van der Waals surface area contributed by atoms with E-state index in [-0.39, 0.29) is 29.0 Å². The molecule has 0 aliphatic heterocycles. The van der Waals surface area contributed by atoms with Crippen LogP contribution in [0.3, 0.4) is 0 Å². The van der Waals surface area contributed by atoms with E-state index in [1.807, 2.05) is 20.8 Å². The van der Waals surface area contributed by atoms with E-state index in [9.17, 15) is 13.2 Å². The fraction of sp³-hybridized carbons (Fsp3) is 0.900. The van der Waals surface area contributed by atoms with Gasteiger partial charge >= 0.3 is 0 Å². The van der Waals surface area contributed by atoms with Crippen molar-refractivity contribution < 1.29 is 17.8 Å². The van der Waals surface area contributed by atoms with E-state index in [0.29, 0.717) is 6.42 Å². The van der Waals surface area contributed by atoms with Crippen molar-refractivity contribution in [3.05, 3.63) is 0 Å². The molecule has 0 aromatic rings. The van der Waals surface area contributed by atoms with Crippen molar-refractivity contribution in [3.8, 4) is 0 Å². The van der Waals surface area contributed by atoms with Crippen molar-refractivity contribution in [3.63, 3.8) is 0 Å². The molecule has 5 heteroatoms. The maximum Gasteiger partial charge on any atom is 0.275 e. The Labute approximate surface area is 89.8 Å². The molecule has 0 saturated heterocycles. The minimum atomic E-state index is -4.23. The van der Waals surface area contributed by atoms with Crippen LogP contribution in [0, 0.1) is 23.2 Å². The monoisotopic (exact) mass is 232 g/mol. The average molecular weight is 232 g/mol. The lowest BCUT2D eigenvalue weighted by molar-refractivity contribution is -0.125. The van der Waals surface area contributed by atoms with Crippen LogP contribution >= 0.6 is 0 Å². The Morgan fingerprint density at radius 3 is 2.33 bits per heavy atom. The first kappa shape index (κ1) is 11.1. The topological polar surface area (TPSA) is 71.4 Å². The van der Waals surface area contributed by atoms with Gasteiger partial charge in [0.05, 0.1) is 0 Å². The summed E-state index contributed by atoms with van der Waals surface area (Å²) in [4.78, 5) is 11.8. The number of hydrogen-bond donors (Lipinski definition) is 1. The highest BCUT2D eigenvalue weighted by molar-refractivity contribution is 7.87. The van der Waals surface area contributed by atoms with Crippen molar-refractivity contribution in [1.82, 2.24) is 0 Å². The largest absolute Gasteiger partial charge is 0.298 e. The first-order valence-electron chi connectivity index (χ1n) is 5.17. The molecule has 15 heavy (non-hydrogen) atoms. The van der Waals surface area contributed by atoms with Crippen molar-refractivity contribution >= 4 is 15.9 Å². The second-order valence-corrected chi connectivity index (χ2v) is 6.93. The van der Waals surface area contributed by atoms with Crippen LogP contribution in [0.2, 0.25) is 0 Å². The molecule has 0 aromatic heterocycles. The van der Waals surface area contributed by atoms with Gasteiger partial charge in [-0.25, -0.2) is 0 Å². The standard InChI is InChI=1S/C10H16O4S/c1-5-6-4-7(10(5,2)3)9(8(6)11)15(12,13)14/h5-7,9H,4H2,1-3H3,(H,12,13,14)/t5-,6-,7+,9-/m0/s1. The molecular weight excluding hydrogens is 216 g/mol. The molecule has 0 amide bonds. The van der Waals surface area contributed by atoms with Crippen molar-refractivity contribution in [1.29, 1.82) is 0 Å². The Bertz CT molecular complexity index is 409. The predicted molar refractivity (Wildman–Crippen MR) is 54.9 cm³/mol. The van der Waals surface area contributed by atoms with Crippen LogP contribution in [-0.2, 0) is 14.9 Å². The molecule has 2 aliphatic carbocycles. The van der Waals surface area contributed by atoms with Gasteiger partial charge in [0.2, 0.25) is 0 Å². The first-order valence-corrected chi connectivity index (χ1v) is 6.67. The third-order valence-electron chi connectivity index (χ3n) is 4.57. The fourth-order valence-electron chi connectivity index (χ4n) is 3.28. The normalized spacial score (nSPS) is 43.6. The highest BCUT2D eigenvalue weighted by Crippen LogP contribution is 2.58. The highest BCUT2D eigenvalue weighted by atomic mass is 32.2. The van der Waals surface area contributed by atoms with Gasteiger partial charge in [0.1, 0.15) is 5.25 Å². The number of rotatable bonds is 1. The Balaban J connectivity index is 2.46. The molecule has 4 nitrogen and oxygen atoms in total. The lowest BCUT2D eigenvalue weighted by Gasteiger charge is -2.38. The van der Waals surface area contributed by atoms with E-state index in [1.165, 1.54) is 0 Å². The molecule has 0 aromatic carbocycles. The van der Waals surface area contributed by atoms with Crippen LogP contribution in [-0.4, -0.2) is 24.0 Å². The molecular formula is C10H16O4S. The number of carbonyl (C=O) groups is 1. The Kier molecular flexibility index (Phi) is 2.09. The SMILES string of the molecule is C[C@H]1[C@@H]2C[C@H]([C@H](S(=O)(=O)O)C2=O)C1(C)C. The molecule has 4 atom stereocenters. The van der Waals surface area contributed by atoms with Gasteiger partial charge in [-0.3, -0.25) is 9.35 Å². The van der Waals surface area contributed by atoms with Gasteiger partial charge < -0.3 is 0 Å². The highest BCUT2D eigenvalue weighted by Gasteiger charge is 2.63. The number of fused-ring (bicyclic) bond motifs is 2. The molecule has 86 valence electrons. The average Bonchev–Trinajstić information content (AvgIpc) is 2.48. The van der Waals surface area contributed by atoms with Crippen LogP contribution < -0.4 is 0 Å². The minimum Gasteiger partial charge on any atom is -0.298 e. The van der Waals surface area contributed by atoms with E-state index >= 15 is 0 Å². The first-order chi connectivity index (χ1) is 6.67. The van der Waals surface area contributed by atoms with E-state index in [4.69, 9.17) is 4.55 Å². The third-order valence-corrected chi connectivity index (χ3v) is 5.78. The molecule has 2 saturated carbocycles. The van der Waals surface area contributed by atoms with Gasteiger partial charge in [-0.15, -0.1) is 0 Å². The second-order valence-electron chi connectivity index (χ2n) is 5.40. The summed E-state index contributed by atoms with van der Waals surface area (Å²) in [6.07, 6.45) is 0.609. The Morgan fingerprint density at radius 2 is 1.93 bits per heavy atom. The molecule has 0 spiro atoms. The lowest BCUT2D eigenvalue weighted by Crippen LogP contribution is -2.46. The Morgan fingerprint density at radius 1 is 1.40 bits per heavy atom. The van der Waals surface area contributed by atoms with E-state index < -0.39 is 15.4 Å². The van der Waals surface area contributed by atoms with Crippen LogP contribution in [0.15, 0.2) is 0 Å². The van der Waals surface area contributed by atoms with E-state index in [1.54, 1.807) is 0 Å². The zero-order chi connectivity index (χ0) is 11.6. The van der Waals surface area contributed by atoms with E-state index in [0.717, 1.165) is 0 Å². The van der Waals surface area contributed by atoms with Crippen LogP contribution in [0.4, 0.5) is 0 Å². The van der Waals surface area contributed by atoms with Gasteiger partial charge in [-0.1, -0.05) is 20.8 Å². The molecule has 1 N–H and O–H groups in total. The summed E-state index contributed by atoms with van der Waals surface area (Å²) in [5, 5.41) is -1.17. The second kappa shape index (κ2) is 2.83. The minimum absolute atomic E-state index is 0.182. The number of ketones is 1. The van der Waals surface area contributed by atoms with Crippen LogP contribution in [0.5, 0.6) is 0 Å². The van der Waals surface area contributed by atoms with E-state index in [2.05, 4.69) is 0 Å². The molecule has 2 rings (SSSR count). The molecule has 0 heterocycles. The fourth-order valence-corrected chi connectivity index (χ4v) is 4.62. The number of Topliss-reactive ketones (excluding diaryl/α,β-unsaturated/α-hetero) is 1. The van der Waals surface area contributed by atoms with Crippen molar-refractivity contribution in [2.75, 3.05) is 0 Å². The predicted octanol–water partition coefficient (Wildman–Crippen LogP) is 1.12. The van der Waals surface area contributed by atoms with Gasteiger partial charge in [0, 0.05) is 5.92 Å². The molecule has 0 unspecified atom stereocenters. The zero-order valence-electron chi connectivity index (χ0n) is 9.10. The summed E-state index contributed by atoms with van der Waals surface area (Å²) < 4.78 is 31.4. The summed E-state index contributed by atoms with van der Waals surface area (Å²) in [5.41, 5.74) is -0.182. The summed E-state index contributed by atoms with van der Waals surface area (Å²) in [6, 6.07) is 0. The van der Waals surface area contributed by atoms with Gasteiger partial charge in [0.25, 0.3) is 10.1 Å². The molecule has 2 aliphatic rings.